The van der Waals surface area contributed by atoms with Crippen LogP contribution in [0.25, 0.3) is 0 Å². The van der Waals surface area contributed by atoms with Crippen molar-refractivity contribution in [2.75, 3.05) is 6.54 Å². The molecule has 3 N–H and O–H groups in total. The summed E-state index contributed by atoms with van der Waals surface area (Å²) in [5.74, 6) is 0.548. The van der Waals surface area contributed by atoms with E-state index in [0.717, 1.165) is 13.0 Å². The van der Waals surface area contributed by atoms with E-state index in [1.54, 1.807) is 0 Å². The van der Waals surface area contributed by atoms with Crippen LogP contribution >= 0.6 is 24.0 Å². The zero-order valence-electron chi connectivity index (χ0n) is 12.0. The summed E-state index contributed by atoms with van der Waals surface area (Å²) in [5.41, 5.74) is 8.26. The smallest absolute Gasteiger partial charge is 0.188 e. The van der Waals surface area contributed by atoms with E-state index < -0.39 is 0 Å². The fraction of sp³-hybridized carbons (Fsp3) is 0.533. The first-order valence-corrected chi connectivity index (χ1v) is 6.81. The Morgan fingerprint density at radius 3 is 2.47 bits per heavy atom. The summed E-state index contributed by atoms with van der Waals surface area (Å²) >= 11 is 0. The second-order valence-electron chi connectivity index (χ2n) is 4.67. The number of halogens is 1. The molecular formula is C15H26IN3. The van der Waals surface area contributed by atoms with Crippen molar-refractivity contribution in [3.8, 4) is 0 Å². The molecule has 19 heavy (non-hydrogen) atoms. The quantitative estimate of drug-likeness (QED) is 0.331. The van der Waals surface area contributed by atoms with Gasteiger partial charge in [0.1, 0.15) is 0 Å². The van der Waals surface area contributed by atoms with E-state index in [2.05, 4.69) is 48.4 Å². The molecule has 0 aliphatic heterocycles. The van der Waals surface area contributed by atoms with Crippen LogP contribution in [0.5, 0.6) is 0 Å². The Morgan fingerprint density at radius 2 is 1.84 bits per heavy atom. The molecule has 108 valence electrons. The van der Waals surface area contributed by atoms with Crippen molar-refractivity contribution < 1.29 is 0 Å². The average molecular weight is 375 g/mol. The summed E-state index contributed by atoms with van der Waals surface area (Å²) in [4.78, 5) is 4.33. The van der Waals surface area contributed by atoms with Gasteiger partial charge in [-0.2, -0.15) is 0 Å². The van der Waals surface area contributed by atoms with Crippen LogP contribution in [0.1, 0.15) is 43.7 Å². The van der Waals surface area contributed by atoms with Crippen LogP contribution in [-0.4, -0.2) is 12.5 Å². The molecule has 0 amide bonds. The zero-order chi connectivity index (χ0) is 13.2. The van der Waals surface area contributed by atoms with E-state index in [9.17, 15) is 0 Å². The van der Waals surface area contributed by atoms with E-state index in [4.69, 9.17) is 5.73 Å². The molecule has 0 spiro atoms. The highest BCUT2D eigenvalue weighted by Gasteiger charge is 1.93. The molecule has 0 saturated carbocycles. The van der Waals surface area contributed by atoms with Crippen molar-refractivity contribution in [1.82, 2.24) is 5.32 Å². The number of aliphatic imine (C=N–C) groups is 1. The molecule has 0 saturated heterocycles. The molecule has 0 fully saturated rings. The maximum atomic E-state index is 5.81. The number of nitrogens with two attached hydrogens (primary N) is 1. The average Bonchev–Trinajstić information content (AvgIpc) is 2.38. The molecule has 0 atom stereocenters. The van der Waals surface area contributed by atoms with Crippen LogP contribution < -0.4 is 11.1 Å². The molecule has 1 rings (SSSR count). The van der Waals surface area contributed by atoms with Crippen molar-refractivity contribution in [2.45, 2.75) is 46.1 Å². The Balaban J connectivity index is 0.00000324. The van der Waals surface area contributed by atoms with Gasteiger partial charge in [0, 0.05) is 6.54 Å². The third-order valence-electron chi connectivity index (χ3n) is 2.89. The van der Waals surface area contributed by atoms with Crippen molar-refractivity contribution >= 4 is 29.9 Å². The molecule has 0 bridgehead atoms. The fourth-order valence-electron chi connectivity index (χ4n) is 1.69. The van der Waals surface area contributed by atoms with E-state index in [1.807, 2.05) is 0 Å². The fourth-order valence-corrected chi connectivity index (χ4v) is 1.69. The minimum absolute atomic E-state index is 0. The third-order valence-corrected chi connectivity index (χ3v) is 2.89. The van der Waals surface area contributed by atoms with Crippen molar-refractivity contribution in [2.24, 2.45) is 10.7 Å². The van der Waals surface area contributed by atoms with Gasteiger partial charge in [0.15, 0.2) is 5.96 Å². The topological polar surface area (TPSA) is 50.4 Å². The Bertz CT molecular complexity index is 360. The Hall–Kier alpha value is -0.780. The monoisotopic (exact) mass is 375 g/mol. The van der Waals surface area contributed by atoms with Crippen LogP contribution in [0.15, 0.2) is 29.3 Å². The summed E-state index contributed by atoms with van der Waals surface area (Å²) < 4.78 is 0. The Morgan fingerprint density at radius 1 is 1.16 bits per heavy atom. The molecular weight excluding hydrogens is 349 g/mol. The SMILES string of the molecule is CCCCCCNC(N)=NCc1ccc(C)cc1.I. The molecule has 0 aliphatic carbocycles. The predicted molar refractivity (Wildman–Crippen MR) is 94.1 cm³/mol. The highest BCUT2D eigenvalue weighted by Crippen LogP contribution is 2.04. The van der Waals surface area contributed by atoms with Gasteiger partial charge in [0.25, 0.3) is 0 Å². The highest BCUT2D eigenvalue weighted by atomic mass is 127. The lowest BCUT2D eigenvalue weighted by molar-refractivity contribution is 0.652. The van der Waals surface area contributed by atoms with Gasteiger partial charge < -0.3 is 11.1 Å². The van der Waals surface area contributed by atoms with E-state index in [0.29, 0.717) is 12.5 Å². The van der Waals surface area contributed by atoms with Crippen LogP contribution in [0.4, 0.5) is 0 Å². The van der Waals surface area contributed by atoms with E-state index in [-0.39, 0.29) is 24.0 Å². The maximum absolute atomic E-state index is 5.81. The lowest BCUT2D eigenvalue weighted by atomic mass is 10.1. The number of nitrogens with zero attached hydrogens (tertiary/aromatic N) is 1. The minimum Gasteiger partial charge on any atom is -0.370 e. The minimum atomic E-state index is 0. The van der Waals surface area contributed by atoms with Crippen LogP contribution in [0.3, 0.4) is 0 Å². The number of aryl methyl sites for hydroxylation is 1. The van der Waals surface area contributed by atoms with Gasteiger partial charge >= 0.3 is 0 Å². The van der Waals surface area contributed by atoms with Crippen molar-refractivity contribution in [3.63, 3.8) is 0 Å². The first kappa shape index (κ1) is 18.2. The van der Waals surface area contributed by atoms with Gasteiger partial charge in [-0.1, -0.05) is 56.0 Å². The summed E-state index contributed by atoms with van der Waals surface area (Å²) in [7, 11) is 0. The standard InChI is InChI=1S/C15H25N3.HI/c1-3-4-5-6-11-17-15(16)18-12-14-9-7-13(2)8-10-14;/h7-10H,3-6,11-12H2,1-2H3,(H3,16,17,18);1H. The van der Waals surface area contributed by atoms with Gasteiger partial charge in [0.2, 0.25) is 0 Å². The lowest BCUT2D eigenvalue weighted by Crippen LogP contribution is -2.32. The molecule has 3 nitrogen and oxygen atoms in total. The maximum Gasteiger partial charge on any atom is 0.188 e. The molecule has 4 heteroatoms. The van der Waals surface area contributed by atoms with Gasteiger partial charge in [-0.15, -0.1) is 24.0 Å². The summed E-state index contributed by atoms with van der Waals surface area (Å²) in [6, 6.07) is 8.37. The number of benzene rings is 1. The molecule has 1 aromatic rings. The van der Waals surface area contributed by atoms with Crippen LogP contribution in [0.2, 0.25) is 0 Å². The number of guanidine groups is 1. The number of hydrogen-bond acceptors (Lipinski definition) is 1. The number of nitrogens with one attached hydrogen (secondary N) is 1. The second-order valence-corrected chi connectivity index (χ2v) is 4.67. The summed E-state index contributed by atoms with van der Waals surface area (Å²) in [6.07, 6.45) is 4.97. The van der Waals surface area contributed by atoms with E-state index in [1.165, 1.54) is 30.4 Å². The van der Waals surface area contributed by atoms with Crippen LogP contribution in [-0.2, 0) is 6.54 Å². The number of rotatable bonds is 7. The number of unbranched alkanes of at least 4 members (excludes halogenated alkanes) is 3. The van der Waals surface area contributed by atoms with Gasteiger partial charge in [-0.3, -0.25) is 0 Å². The largest absolute Gasteiger partial charge is 0.370 e. The Kier molecular flexibility index (Phi) is 10.6. The molecule has 0 unspecified atom stereocenters. The highest BCUT2D eigenvalue weighted by molar-refractivity contribution is 14.0. The lowest BCUT2D eigenvalue weighted by Gasteiger charge is -2.05. The summed E-state index contributed by atoms with van der Waals surface area (Å²) in [6.45, 7) is 5.86. The number of hydrogen-bond donors (Lipinski definition) is 2. The van der Waals surface area contributed by atoms with Crippen LogP contribution in [0, 0.1) is 6.92 Å². The Labute approximate surface area is 134 Å². The molecule has 0 heterocycles. The van der Waals surface area contributed by atoms with Crippen molar-refractivity contribution in [3.05, 3.63) is 35.4 Å². The van der Waals surface area contributed by atoms with E-state index >= 15 is 0 Å². The normalized spacial score (nSPS) is 10.9. The first-order valence-electron chi connectivity index (χ1n) is 6.81. The summed E-state index contributed by atoms with van der Waals surface area (Å²) in [5, 5.41) is 3.15. The molecule has 0 aromatic heterocycles. The second kappa shape index (κ2) is 11.1. The first-order chi connectivity index (χ1) is 8.72. The molecule has 0 aliphatic rings. The third kappa shape index (κ3) is 8.86. The molecule has 1 aromatic carbocycles. The molecule has 0 radical (unpaired) electrons. The zero-order valence-corrected chi connectivity index (χ0v) is 14.3. The van der Waals surface area contributed by atoms with Gasteiger partial charge in [0.05, 0.1) is 6.54 Å². The van der Waals surface area contributed by atoms with Gasteiger partial charge in [-0.05, 0) is 18.9 Å². The van der Waals surface area contributed by atoms with Gasteiger partial charge in [-0.25, -0.2) is 4.99 Å². The predicted octanol–water partition coefficient (Wildman–Crippen LogP) is 3.60. The van der Waals surface area contributed by atoms with Crippen molar-refractivity contribution in [1.29, 1.82) is 0 Å².